The van der Waals surface area contributed by atoms with Gasteiger partial charge in [0, 0.05) is 26.1 Å². The third kappa shape index (κ3) is 7.50. The fraction of sp³-hybridized carbons (Fsp3) is 0.800. The van der Waals surface area contributed by atoms with E-state index in [-0.39, 0.29) is 18.9 Å². The van der Waals surface area contributed by atoms with Crippen molar-refractivity contribution in [2.24, 2.45) is 16.8 Å². The number of carbonyl (C=O) groups excluding carboxylic acids is 1. The predicted molar refractivity (Wildman–Crippen MR) is 63.7 cm³/mol. The predicted octanol–water partition coefficient (Wildman–Crippen LogP) is 0.417. The van der Waals surface area contributed by atoms with E-state index in [1.807, 2.05) is 6.92 Å². The van der Waals surface area contributed by atoms with Crippen LogP contribution in [0.4, 0.5) is 13.2 Å². The first-order valence-electron chi connectivity index (χ1n) is 5.84. The maximum absolute atomic E-state index is 12.5. The second-order valence-corrected chi connectivity index (χ2v) is 3.92. The Balaban J connectivity index is 4.05. The van der Waals surface area contributed by atoms with Crippen molar-refractivity contribution in [2.45, 2.75) is 25.9 Å². The van der Waals surface area contributed by atoms with Crippen LogP contribution in [0.3, 0.4) is 0 Å². The first kappa shape index (κ1) is 17.5. The molecule has 0 rings (SSSR count). The molecule has 112 valence electrons. The van der Waals surface area contributed by atoms with E-state index < -0.39 is 24.5 Å². The van der Waals surface area contributed by atoms with E-state index in [2.05, 4.69) is 15.8 Å². The Morgan fingerprint density at radius 3 is 2.53 bits per heavy atom. The molecule has 0 saturated carbocycles. The van der Waals surface area contributed by atoms with E-state index in [9.17, 15) is 18.0 Å². The zero-order valence-corrected chi connectivity index (χ0v) is 10.6. The van der Waals surface area contributed by atoms with Crippen molar-refractivity contribution in [3.63, 3.8) is 0 Å². The average Bonchev–Trinajstić information content (AvgIpc) is 2.33. The fourth-order valence-electron chi connectivity index (χ4n) is 1.26. The molecule has 1 atom stereocenters. The summed E-state index contributed by atoms with van der Waals surface area (Å²) in [6, 6.07) is 0. The van der Waals surface area contributed by atoms with Gasteiger partial charge in [0.25, 0.3) is 0 Å². The van der Waals surface area contributed by atoms with Crippen LogP contribution in [0.25, 0.3) is 0 Å². The molecule has 0 spiro atoms. The van der Waals surface area contributed by atoms with Crippen LogP contribution in [0, 0.1) is 5.92 Å². The third-order valence-electron chi connectivity index (χ3n) is 2.32. The fourth-order valence-corrected chi connectivity index (χ4v) is 1.26. The first-order chi connectivity index (χ1) is 8.82. The maximum atomic E-state index is 12.5. The number of alkyl halides is 3. The Labute approximate surface area is 109 Å². The standard InChI is InChI=1S/C10H19F3N4O2/c1-2-4-16-8(18)3-5-15-6-7(9(14)17-19)10(11,12)13/h7,15,19H,2-6H2,1H3,(H2,14,17)(H,16,18). The summed E-state index contributed by atoms with van der Waals surface area (Å²) in [5, 5.41) is 15.7. The Bertz CT molecular complexity index is 308. The highest BCUT2D eigenvalue weighted by Gasteiger charge is 2.42. The van der Waals surface area contributed by atoms with Gasteiger partial charge >= 0.3 is 6.18 Å². The smallest absolute Gasteiger partial charge is 0.400 e. The van der Waals surface area contributed by atoms with Gasteiger partial charge in [0.1, 0.15) is 5.92 Å². The van der Waals surface area contributed by atoms with Gasteiger partial charge in [-0.15, -0.1) is 0 Å². The van der Waals surface area contributed by atoms with Crippen molar-refractivity contribution >= 4 is 11.7 Å². The van der Waals surface area contributed by atoms with Gasteiger partial charge in [-0.2, -0.15) is 13.2 Å². The number of carbonyl (C=O) groups is 1. The van der Waals surface area contributed by atoms with E-state index in [1.54, 1.807) is 0 Å². The number of halogens is 3. The molecule has 1 amide bonds. The lowest BCUT2D eigenvalue weighted by Gasteiger charge is -2.19. The van der Waals surface area contributed by atoms with E-state index >= 15 is 0 Å². The number of nitrogens with one attached hydrogen (secondary N) is 2. The van der Waals surface area contributed by atoms with Crippen molar-refractivity contribution in [3.05, 3.63) is 0 Å². The van der Waals surface area contributed by atoms with Crippen LogP contribution in [0.2, 0.25) is 0 Å². The highest BCUT2D eigenvalue weighted by atomic mass is 19.4. The van der Waals surface area contributed by atoms with Crippen LogP contribution < -0.4 is 16.4 Å². The highest BCUT2D eigenvalue weighted by molar-refractivity contribution is 5.83. The number of oxime groups is 1. The molecule has 0 radical (unpaired) electrons. The van der Waals surface area contributed by atoms with Crippen LogP contribution in [-0.2, 0) is 4.79 Å². The van der Waals surface area contributed by atoms with Crippen LogP contribution in [0.5, 0.6) is 0 Å². The summed E-state index contributed by atoms with van der Waals surface area (Å²) >= 11 is 0. The van der Waals surface area contributed by atoms with E-state index in [0.29, 0.717) is 6.54 Å². The maximum Gasteiger partial charge on any atom is 0.400 e. The Hall–Kier alpha value is -1.51. The number of nitrogens with two attached hydrogens (primary N) is 1. The second kappa shape index (κ2) is 8.57. The molecular formula is C10H19F3N4O2. The molecule has 0 saturated heterocycles. The Morgan fingerprint density at radius 2 is 2.05 bits per heavy atom. The molecule has 6 nitrogen and oxygen atoms in total. The van der Waals surface area contributed by atoms with Crippen molar-refractivity contribution in [1.82, 2.24) is 10.6 Å². The molecule has 9 heteroatoms. The Morgan fingerprint density at radius 1 is 1.42 bits per heavy atom. The molecule has 0 bridgehead atoms. The van der Waals surface area contributed by atoms with Gasteiger partial charge in [-0.25, -0.2) is 0 Å². The molecule has 19 heavy (non-hydrogen) atoms. The molecule has 0 aromatic heterocycles. The zero-order valence-electron chi connectivity index (χ0n) is 10.6. The molecule has 0 aromatic carbocycles. The van der Waals surface area contributed by atoms with E-state index in [4.69, 9.17) is 10.9 Å². The molecule has 0 aromatic rings. The van der Waals surface area contributed by atoms with Crippen LogP contribution >= 0.6 is 0 Å². The summed E-state index contributed by atoms with van der Waals surface area (Å²) in [7, 11) is 0. The minimum absolute atomic E-state index is 0.0702. The molecular weight excluding hydrogens is 265 g/mol. The van der Waals surface area contributed by atoms with Gasteiger partial charge in [-0.1, -0.05) is 12.1 Å². The molecule has 0 heterocycles. The quantitative estimate of drug-likeness (QED) is 0.171. The van der Waals surface area contributed by atoms with Crippen molar-refractivity contribution in [3.8, 4) is 0 Å². The number of hydrogen-bond acceptors (Lipinski definition) is 4. The molecule has 1 unspecified atom stereocenters. The Kier molecular flexibility index (Phi) is 7.89. The largest absolute Gasteiger partial charge is 0.409 e. The SMILES string of the molecule is CCCNC(=O)CCNCC(C(N)=NO)C(F)(F)F. The van der Waals surface area contributed by atoms with Gasteiger partial charge in [0.2, 0.25) is 5.91 Å². The molecule has 0 aliphatic rings. The highest BCUT2D eigenvalue weighted by Crippen LogP contribution is 2.25. The zero-order chi connectivity index (χ0) is 14.9. The van der Waals surface area contributed by atoms with Gasteiger partial charge in [-0.3, -0.25) is 4.79 Å². The third-order valence-corrected chi connectivity index (χ3v) is 2.32. The summed E-state index contributed by atoms with van der Waals surface area (Å²) in [4.78, 5) is 11.2. The molecule has 0 fully saturated rings. The number of amidine groups is 1. The lowest BCUT2D eigenvalue weighted by molar-refractivity contribution is -0.154. The summed E-state index contributed by atoms with van der Waals surface area (Å²) in [6.07, 6.45) is -3.74. The first-order valence-corrected chi connectivity index (χ1v) is 5.84. The number of amides is 1. The molecule has 0 aliphatic carbocycles. The van der Waals surface area contributed by atoms with Crippen molar-refractivity contribution in [2.75, 3.05) is 19.6 Å². The van der Waals surface area contributed by atoms with Gasteiger partial charge in [0.05, 0.1) is 0 Å². The molecule has 5 N–H and O–H groups in total. The normalized spacial score (nSPS) is 14.2. The summed E-state index contributed by atoms with van der Waals surface area (Å²) < 4.78 is 37.6. The van der Waals surface area contributed by atoms with E-state index in [0.717, 1.165) is 6.42 Å². The minimum atomic E-state index is -4.60. The van der Waals surface area contributed by atoms with Gasteiger partial charge in [0.15, 0.2) is 5.84 Å². The number of rotatable bonds is 8. The van der Waals surface area contributed by atoms with E-state index in [1.165, 1.54) is 0 Å². The van der Waals surface area contributed by atoms with Gasteiger partial charge in [-0.05, 0) is 6.42 Å². The van der Waals surface area contributed by atoms with Crippen molar-refractivity contribution < 1.29 is 23.2 Å². The van der Waals surface area contributed by atoms with Crippen LogP contribution in [0.1, 0.15) is 19.8 Å². The van der Waals surface area contributed by atoms with Crippen LogP contribution in [0.15, 0.2) is 5.16 Å². The average molecular weight is 284 g/mol. The van der Waals surface area contributed by atoms with Crippen molar-refractivity contribution in [1.29, 1.82) is 0 Å². The topological polar surface area (TPSA) is 99.7 Å². The summed E-state index contributed by atoms with van der Waals surface area (Å²) in [5.74, 6) is -3.21. The second-order valence-electron chi connectivity index (χ2n) is 3.92. The van der Waals surface area contributed by atoms with Crippen LogP contribution in [-0.4, -0.2) is 42.8 Å². The summed E-state index contributed by atoms with van der Waals surface area (Å²) in [6.45, 7) is 1.97. The monoisotopic (exact) mass is 284 g/mol. The van der Waals surface area contributed by atoms with Gasteiger partial charge < -0.3 is 21.6 Å². The number of hydrogen-bond donors (Lipinski definition) is 4. The lowest BCUT2D eigenvalue weighted by atomic mass is 10.1. The molecule has 0 aliphatic heterocycles. The lowest BCUT2D eigenvalue weighted by Crippen LogP contribution is -2.43. The summed E-state index contributed by atoms with van der Waals surface area (Å²) in [5.41, 5.74) is 4.97. The minimum Gasteiger partial charge on any atom is -0.409 e. The number of nitrogens with zero attached hydrogens (tertiary/aromatic N) is 1.